The predicted octanol–water partition coefficient (Wildman–Crippen LogP) is 4.37. The Hall–Kier alpha value is -1.04. The molecule has 2 rings (SSSR count). The number of rotatable bonds is 4. The highest BCUT2D eigenvalue weighted by molar-refractivity contribution is 6.31. The molecule has 1 aromatic rings. The second-order valence-electron chi connectivity index (χ2n) is 5.27. The molecule has 1 aliphatic rings. The molecule has 1 aromatic carbocycles. The number of benzene rings is 1. The van der Waals surface area contributed by atoms with Gasteiger partial charge in [-0.2, -0.15) is 5.26 Å². The van der Waals surface area contributed by atoms with E-state index in [2.05, 4.69) is 17.9 Å². The SMILES string of the molecule is CCN(Cc1ccc(C#N)cc1Cl)C1CCCCC1. The van der Waals surface area contributed by atoms with Crippen LogP contribution >= 0.6 is 11.6 Å². The van der Waals surface area contributed by atoms with Gasteiger partial charge in [-0.1, -0.05) is 43.9 Å². The van der Waals surface area contributed by atoms with Crippen molar-refractivity contribution in [1.82, 2.24) is 4.90 Å². The maximum absolute atomic E-state index is 8.87. The van der Waals surface area contributed by atoms with E-state index in [9.17, 15) is 0 Å². The Morgan fingerprint density at radius 3 is 2.63 bits per heavy atom. The first-order valence-corrected chi connectivity index (χ1v) is 7.55. The van der Waals surface area contributed by atoms with Crippen molar-refractivity contribution in [3.05, 3.63) is 34.3 Å². The summed E-state index contributed by atoms with van der Waals surface area (Å²) < 4.78 is 0. The van der Waals surface area contributed by atoms with Crippen LogP contribution in [-0.2, 0) is 6.54 Å². The van der Waals surface area contributed by atoms with Crippen LogP contribution in [0, 0.1) is 11.3 Å². The first-order valence-electron chi connectivity index (χ1n) is 7.17. The molecule has 0 aliphatic heterocycles. The largest absolute Gasteiger partial charge is 0.296 e. The van der Waals surface area contributed by atoms with Crippen molar-refractivity contribution in [3.63, 3.8) is 0 Å². The number of hydrogen-bond donors (Lipinski definition) is 0. The molecule has 1 fully saturated rings. The van der Waals surface area contributed by atoms with Crippen LogP contribution < -0.4 is 0 Å². The van der Waals surface area contributed by atoms with E-state index in [4.69, 9.17) is 16.9 Å². The van der Waals surface area contributed by atoms with Crippen LogP contribution in [0.15, 0.2) is 18.2 Å². The van der Waals surface area contributed by atoms with Crippen molar-refractivity contribution >= 4 is 11.6 Å². The van der Waals surface area contributed by atoms with E-state index in [1.165, 1.54) is 32.1 Å². The molecular formula is C16H21ClN2. The van der Waals surface area contributed by atoms with Crippen molar-refractivity contribution in [3.8, 4) is 6.07 Å². The summed E-state index contributed by atoms with van der Waals surface area (Å²) in [6, 6.07) is 8.45. The summed E-state index contributed by atoms with van der Waals surface area (Å²) in [6.45, 7) is 4.17. The number of hydrogen-bond acceptors (Lipinski definition) is 2. The summed E-state index contributed by atoms with van der Waals surface area (Å²) in [4.78, 5) is 2.52. The second kappa shape index (κ2) is 6.93. The Morgan fingerprint density at radius 1 is 1.32 bits per heavy atom. The Kier molecular flexibility index (Phi) is 5.24. The molecule has 0 amide bonds. The molecule has 0 N–H and O–H groups in total. The van der Waals surface area contributed by atoms with Gasteiger partial charge in [-0.15, -0.1) is 0 Å². The smallest absolute Gasteiger partial charge is 0.0992 e. The molecule has 1 aliphatic carbocycles. The van der Waals surface area contributed by atoms with E-state index in [0.29, 0.717) is 16.6 Å². The third-order valence-electron chi connectivity index (χ3n) is 4.05. The van der Waals surface area contributed by atoms with E-state index < -0.39 is 0 Å². The van der Waals surface area contributed by atoms with Crippen molar-refractivity contribution in [2.45, 2.75) is 51.6 Å². The van der Waals surface area contributed by atoms with Gasteiger partial charge >= 0.3 is 0 Å². The highest BCUT2D eigenvalue weighted by Gasteiger charge is 2.20. The quantitative estimate of drug-likeness (QED) is 0.817. The Balaban J connectivity index is 2.07. The van der Waals surface area contributed by atoms with Crippen molar-refractivity contribution < 1.29 is 0 Å². The molecule has 0 unspecified atom stereocenters. The van der Waals surface area contributed by atoms with Crippen LogP contribution in [0.1, 0.15) is 50.2 Å². The summed E-state index contributed by atoms with van der Waals surface area (Å²) in [7, 11) is 0. The summed E-state index contributed by atoms with van der Waals surface area (Å²) in [5.41, 5.74) is 1.77. The fourth-order valence-electron chi connectivity index (χ4n) is 2.91. The zero-order chi connectivity index (χ0) is 13.7. The van der Waals surface area contributed by atoms with E-state index in [1.54, 1.807) is 6.07 Å². The number of nitrogens with zero attached hydrogens (tertiary/aromatic N) is 2. The third kappa shape index (κ3) is 3.72. The summed E-state index contributed by atoms with van der Waals surface area (Å²) >= 11 is 6.27. The summed E-state index contributed by atoms with van der Waals surface area (Å²) in [6.07, 6.45) is 6.69. The normalized spacial score (nSPS) is 16.5. The highest BCUT2D eigenvalue weighted by atomic mass is 35.5. The fourth-order valence-corrected chi connectivity index (χ4v) is 3.15. The van der Waals surface area contributed by atoms with Gasteiger partial charge in [-0.25, -0.2) is 0 Å². The third-order valence-corrected chi connectivity index (χ3v) is 4.40. The Labute approximate surface area is 121 Å². The average molecular weight is 277 g/mol. The second-order valence-corrected chi connectivity index (χ2v) is 5.68. The van der Waals surface area contributed by atoms with Gasteiger partial charge in [-0.05, 0) is 37.1 Å². The molecule has 102 valence electrons. The number of nitriles is 1. The van der Waals surface area contributed by atoms with E-state index >= 15 is 0 Å². The molecular weight excluding hydrogens is 256 g/mol. The molecule has 0 saturated heterocycles. The van der Waals surface area contributed by atoms with Gasteiger partial charge in [0.25, 0.3) is 0 Å². The molecule has 0 heterocycles. The zero-order valence-corrected chi connectivity index (χ0v) is 12.3. The van der Waals surface area contributed by atoms with Gasteiger partial charge in [-0.3, -0.25) is 4.90 Å². The van der Waals surface area contributed by atoms with Crippen LogP contribution in [-0.4, -0.2) is 17.5 Å². The monoisotopic (exact) mass is 276 g/mol. The van der Waals surface area contributed by atoms with Gasteiger partial charge in [0.2, 0.25) is 0 Å². The molecule has 0 atom stereocenters. The first-order chi connectivity index (χ1) is 9.24. The van der Waals surface area contributed by atoms with Gasteiger partial charge in [0.1, 0.15) is 0 Å². The number of halogens is 1. The fraction of sp³-hybridized carbons (Fsp3) is 0.562. The molecule has 0 bridgehead atoms. The molecule has 1 saturated carbocycles. The van der Waals surface area contributed by atoms with E-state index in [0.717, 1.165) is 18.7 Å². The molecule has 2 nitrogen and oxygen atoms in total. The lowest BCUT2D eigenvalue weighted by Crippen LogP contribution is -2.36. The maximum atomic E-state index is 8.87. The lowest BCUT2D eigenvalue weighted by molar-refractivity contribution is 0.156. The highest BCUT2D eigenvalue weighted by Crippen LogP contribution is 2.26. The van der Waals surface area contributed by atoms with Crippen LogP contribution in [0.5, 0.6) is 0 Å². The van der Waals surface area contributed by atoms with Crippen LogP contribution in [0.3, 0.4) is 0 Å². The van der Waals surface area contributed by atoms with Crippen LogP contribution in [0.4, 0.5) is 0 Å². The van der Waals surface area contributed by atoms with Gasteiger partial charge < -0.3 is 0 Å². The standard InChI is InChI=1S/C16H21ClN2/c1-2-19(15-6-4-3-5-7-15)12-14-9-8-13(11-18)10-16(14)17/h8-10,15H,2-7,12H2,1H3. The molecule has 3 heteroatoms. The molecule has 0 aromatic heterocycles. The summed E-state index contributed by atoms with van der Waals surface area (Å²) in [5, 5.41) is 9.58. The van der Waals surface area contributed by atoms with Crippen molar-refractivity contribution in [1.29, 1.82) is 5.26 Å². The van der Waals surface area contributed by atoms with E-state index in [1.807, 2.05) is 12.1 Å². The van der Waals surface area contributed by atoms with E-state index in [-0.39, 0.29) is 0 Å². The summed E-state index contributed by atoms with van der Waals surface area (Å²) in [5.74, 6) is 0. The lowest BCUT2D eigenvalue weighted by atomic mass is 9.94. The predicted molar refractivity (Wildman–Crippen MR) is 79.1 cm³/mol. The zero-order valence-electron chi connectivity index (χ0n) is 11.5. The topological polar surface area (TPSA) is 27.0 Å². The minimum Gasteiger partial charge on any atom is -0.296 e. The van der Waals surface area contributed by atoms with Crippen LogP contribution in [0.2, 0.25) is 5.02 Å². The molecule has 0 radical (unpaired) electrons. The van der Waals surface area contributed by atoms with Crippen molar-refractivity contribution in [2.75, 3.05) is 6.54 Å². The molecule has 0 spiro atoms. The Morgan fingerprint density at radius 2 is 2.05 bits per heavy atom. The van der Waals surface area contributed by atoms with Gasteiger partial charge in [0.15, 0.2) is 0 Å². The maximum Gasteiger partial charge on any atom is 0.0992 e. The molecule has 19 heavy (non-hydrogen) atoms. The lowest BCUT2D eigenvalue weighted by Gasteiger charge is -2.33. The van der Waals surface area contributed by atoms with Crippen molar-refractivity contribution in [2.24, 2.45) is 0 Å². The average Bonchev–Trinajstić information content (AvgIpc) is 2.47. The van der Waals surface area contributed by atoms with Crippen LogP contribution in [0.25, 0.3) is 0 Å². The minimum atomic E-state index is 0.634. The van der Waals surface area contributed by atoms with Gasteiger partial charge in [0.05, 0.1) is 11.6 Å². The first kappa shape index (κ1) is 14.4. The van der Waals surface area contributed by atoms with Gasteiger partial charge in [0, 0.05) is 17.6 Å². The minimum absolute atomic E-state index is 0.634. The Bertz CT molecular complexity index is 458.